The number of terminal acetylenes is 1. The maximum atomic E-state index is 5.13. The Morgan fingerprint density at radius 1 is 1.64 bits per heavy atom. The van der Waals surface area contributed by atoms with Gasteiger partial charge in [-0.2, -0.15) is 4.37 Å². The Balaban J connectivity index is 2.15. The van der Waals surface area contributed by atoms with E-state index >= 15 is 0 Å². The molecule has 0 aliphatic rings. The van der Waals surface area contributed by atoms with Gasteiger partial charge in [-0.25, -0.2) is 4.98 Å². The van der Waals surface area contributed by atoms with Crippen molar-refractivity contribution >= 4 is 28.4 Å². The minimum Gasteiger partial charge on any atom is -0.359 e. The van der Waals surface area contributed by atoms with E-state index in [-0.39, 0.29) is 0 Å². The van der Waals surface area contributed by atoms with Crippen molar-refractivity contribution in [2.75, 3.05) is 23.4 Å². The molecule has 0 aliphatic heterocycles. The third-order valence-electron chi connectivity index (χ3n) is 1.49. The van der Waals surface area contributed by atoms with Crippen LogP contribution in [0.15, 0.2) is 0 Å². The first kappa shape index (κ1) is 11.3. The summed E-state index contributed by atoms with van der Waals surface area (Å²) in [5, 5.41) is 4.12. The van der Waals surface area contributed by atoms with Crippen LogP contribution in [0.2, 0.25) is 0 Å². The summed E-state index contributed by atoms with van der Waals surface area (Å²) in [6.07, 6.45) is 6.02. The largest absolute Gasteiger partial charge is 0.359 e. The molecule has 1 aromatic rings. The lowest BCUT2D eigenvalue weighted by molar-refractivity contribution is 0.996. The summed E-state index contributed by atoms with van der Waals surface area (Å²) in [5.41, 5.74) is 0. The quantitative estimate of drug-likeness (QED) is 0.595. The Hall–Kier alpha value is -0.730. The third kappa shape index (κ3) is 3.99. The van der Waals surface area contributed by atoms with Gasteiger partial charge in [0.15, 0.2) is 0 Å². The molecule has 0 amide bonds. The number of aryl methyl sites for hydroxylation is 1. The molecule has 14 heavy (non-hydrogen) atoms. The highest BCUT2D eigenvalue weighted by Crippen LogP contribution is 2.11. The van der Waals surface area contributed by atoms with E-state index < -0.39 is 0 Å². The first-order chi connectivity index (χ1) is 6.86. The van der Waals surface area contributed by atoms with E-state index in [0.29, 0.717) is 0 Å². The van der Waals surface area contributed by atoms with Crippen LogP contribution in [0.4, 0.5) is 5.13 Å². The van der Waals surface area contributed by atoms with Crippen molar-refractivity contribution in [3.63, 3.8) is 0 Å². The number of hydrogen-bond acceptors (Lipinski definition) is 5. The van der Waals surface area contributed by atoms with Crippen molar-refractivity contribution in [3.05, 3.63) is 5.82 Å². The number of hydrogen-bond donors (Lipinski definition) is 1. The zero-order valence-corrected chi connectivity index (χ0v) is 9.75. The number of thioether (sulfide) groups is 1. The molecule has 0 saturated heterocycles. The van der Waals surface area contributed by atoms with Crippen molar-refractivity contribution in [1.82, 2.24) is 9.36 Å². The van der Waals surface area contributed by atoms with Crippen LogP contribution < -0.4 is 5.32 Å². The van der Waals surface area contributed by atoms with Gasteiger partial charge < -0.3 is 5.32 Å². The van der Waals surface area contributed by atoms with Crippen molar-refractivity contribution in [2.24, 2.45) is 0 Å². The SMILES string of the molecule is C#CCSCCNc1nc(CC)ns1. The normalized spacial score (nSPS) is 9.71. The molecule has 0 aromatic carbocycles. The van der Waals surface area contributed by atoms with E-state index in [2.05, 4.69) is 27.5 Å². The van der Waals surface area contributed by atoms with E-state index in [0.717, 1.165) is 35.4 Å². The number of rotatable bonds is 6. The van der Waals surface area contributed by atoms with Gasteiger partial charge in [0.05, 0.1) is 5.75 Å². The molecule has 1 aromatic heterocycles. The molecule has 1 rings (SSSR count). The first-order valence-corrected chi connectivity index (χ1v) is 6.37. The summed E-state index contributed by atoms with van der Waals surface area (Å²) < 4.78 is 4.18. The maximum absolute atomic E-state index is 5.13. The van der Waals surface area contributed by atoms with Crippen LogP contribution in [0.25, 0.3) is 0 Å². The van der Waals surface area contributed by atoms with Gasteiger partial charge in [-0.05, 0) is 0 Å². The molecule has 3 nitrogen and oxygen atoms in total. The Bertz CT molecular complexity index is 303. The van der Waals surface area contributed by atoms with E-state index in [1.165, 1.54) is 11.5 Å². The van der Waals surface area contributed by atoms with Crippen LogP contribution in [0, 0.1) is 12.3 Å². The molecule has 0 spiro atoms. The Morgan fingerprint density at radius 3 is 3.14 bits per heavy atom. The van der Waals surface area contributed by atoms with Crippen LogP contribution in [0.3, 0.4) is 0 Å². The average Bonchev–Trinajstić information content (AvgIpc) is 2.65. The maximum Gasteiger partial charge on any atom is 0.202 e. The first-order valence-electron chi connectivity index (χ1n) is 4.44. The molecule has 1 N–H and O–H groups in total. The van der Waals surface area contributed by atoms with E-state index in [1.807, 2.05) is 0 Å². The van der Waals surface area contributed by atoms with Crippen LogP contribution >= 0.6 is 23.3 Å². The van der Waals surface area contributed by atoms with Crippen molar-refractivity contribution in [1.29, 1.82) is 0 Å². The summed E-state index contributed by atoms with van der Waals surface area (Å²) in [6.45, 7) is 2.94. The van der Waals surface area contributed by atoms with Crippen LogP contribution in [0.5, 0.6) is 0 Å². The van der Waals surface area contributed by atoms with Crippen molar-refractivity contribution in [3.8, 4) is 12.3 Å². The summed E-state index contributed by atoms with van der Waals surface area (Å²) >= 11 is 3.16. The van der Waals surface area contributed by atoms with Gasteiger partial charge >= 0.3 is 0 Å². The van der Waals surface area contributed by atoms with E-state index in [4.69, 9.17) is 6.42 Å². The topological polar surface area (TPSA) is 37.8 Å². The zero-order chi connectivity index (χ0) is 10.2. The van der Waals surface area contributed by atoms with Crippen molar-refractivity contribution in [2.45, 2.75) is 13.3 Å². The standard InChI is InChI=1S/C9H13N3S2/c1-3-6-13-7-5-10-9-11-8(4-2)12-14-9/h1H,4-7H2,2H3,(H,10,11,12). The second-order valence-electron chi connectivity index (χ2n) is 2.55. The lowest BCUT2D eigenvalue weighted by Gasteiger charge is -1.99. The summed E-state index contributed by atoms with van der Waals surface area (Å²) in [5.74, 6) is 5.28. The van der Waals surface area contributed by atoms with Gasteiger partial charge in [0.2, 0.25) is 5.13 Å². The van der Waals surface area contributed by atoms with Gasteiger partial charge in [0.1, 0.15) is 5.82 Å². The monoisotopic (exact) mass is 227 g/mol. The van der Waals surface area contributed by atoms with Crippen LogP contribution in [-0.4, -0.2) is 27.4 Å². The Morgan fingerprint density at radius 2 is 2.50 bits per heavy atom. The van der Waals surface area contributed by atoms with Crippen LogP contribution in [0.1, 0.15) is 12.7 Å². The highest BCUT2D eigenvalue weighted by molar-refractivity contribution is 7.99. The fraction of sp³-hybridized carbons (Fsp3) is 0.556. The molecule has 0 bridgehead atoms. The fourth-order valence-electron chi connectivity index (χ4n) is 0.831. The van der Waals surface area contributed by atoms with E-state index in [9.17, 15) is 0 Å². The lowest BCUT2D eigenvalue weighted by Crippen LogP contribution is -2.03. The summed E-state index contributed by atoms with van der Waals surface area (Å²) in [6, 6.07) is 0. The van der Waals surface area contributed by atoms with Gasteiger partial charge in [-0.1, -0.05) is 12.8 Å². The predicted octanol–water partition coefficient (Wildman–Crippen LogP) is 1.88. The molecular weight excluding hydrogens is 214 g/mol. The number of aromatic nitrogens is 2. The minimum atomic E-state index is 0.776. The molecule has 0 saturated carbocycles. The zero-order valence-electron chi connectivity index (χ0n) is 8.12. The summed E-state index contributed by atoms with van der Waals surface area (Å²) in [4.78, 5) is 4.29. The Kier molecular flexibility index (Phi) is 5.42. The van der Waals surface area contributed by atoms with Gasteiger partial charge in [0, 0.05) is 30.3 Å². The third-order valence-corrected chi connectivity index (χ3v) is 3.07. The molecule has 76 valence electrons. The number of nitrogens with one attached hydrogen (secondary N) is 1. The second kappa shape index (κ2) is 6.68. The molecular formula is C9H13N3S2. The average molecular weight is 227 g/mol. The molecule has 0 fully saturated rings. The predicted molar refractivity (Wildman–Crippen MR) is 63.9 cm³/mol. The second-order valence-corrected chi connectivity index (χ2v) is 4.41. The van der Waals surface area contributed by atoms with Crippen molar-refractivity contribution < 1.29 is 0 Å². The fourth-order valence-corrected chi connectivity index (χ4v) is 2.01. The highest BCUT2D eigenvalue weighted by atomic mass is 32.2. The molecule has 0 radical (unpaired) electrons. The van der Waals surface area contributed by atoms with Crippen LogP contribution in [-0.2, 0) is 6.42 Å². The molecule has 1 heterocycles. The van der Waals surface area contributed by atoms with Gasteiger partial charge in [0.25, 0.3) is 0 Å². The number of nitrogens with zero attached hydrogens (tertiary/aromatic N) is 2. The van der Waals surface area contributed by atoms with Gasteiger partial charge in [-0.3, -0.25) is 0 Å². The number of anilines is 1. The molecule has 0 unspecified atom stereocenters. The van der Waals surface area contributed by atoms with Gasteiger partial charge in [-0.15, -0.1) is 18.2 Å². The Labute approximate surface area is 92.9 Å². The summed E-state index contributed by atoms with van der Waals surface area (Å²) in [7, 11) is 0. The smallest absolute Gasteiger partial charge is 0.202 e. The van der Waals surface area contributed by atoms with E-state index in [1.54, 1.807) is 11.8 Å². The minimum absolute atomic E-state index is 0.776. The lowest BCUT2D eigenvalue weighted by atomic mass is 10.5. The molecule has 0 aliphatic carbocycles. The molecule has 0 atom stereocenters. The highest BCUT2D eigenvalue weighted by Gasteiger charge is 1.99. The molecule has 5 heteroatoms.